The molecule has 2 amide bonds. The molecule has 0 unspecified atom stereocenters. The largest absolute Gasteiger partial charge is 0.489 e. The van der Waals surface area contributed by atoms with Gasteiger partial charge in [0.15, 0.2) is 0 Å². The van der Waals surface area contributed by atoms with Gasteiger partial charge in [-0.25, -0.2) is 8.42 Å². The van der Waals surface area contributed by atoms with Gasteiger partial charge < -0.3 is 15.0 Å². The highest BCUT2D eigenvalue weighted by Gasteiger charge is 2.27. The van der Waals surface area contributed by atoms with E-state index in [2.05, 4.69) is 5.32 Å². The molecule has 0 saturated carbocycles. The minimum Gasteiger partial charge on any atom is -0.489 e. The fourth-order valence-electron chi connectivity index (χ4n) is 3.99. The summed E-state index contributed by atoms with van der Waals surface area (Å²) in [5.41, 5.74) is 0.351. The van der Waals surface area contributed by atoms with Crippen molar-refractivity contribution in [3.05, 3.63) is 18.2 Å². The van der Waals surface area contributed by atoms with Crippen molar-refractivity contribution in [1.29, 1.82) is 0 Å². The van der Waals surface area contributed by atoms with Crippen LogP contribution in [0.2, 0.25) is 0 Å². The van der Waals surface area contributed by atoms with Crippen molar-refractivity contribution >= 4 is 27.5 Å². The van der Waals surface area contributed by atoms with E-state index >= 15 is 0 Å². The fraction of sp³-hybridized carbons (Fsp3) is 0.636. The van der Waals surface area contributed by atoms with Crippen LogP contribution in [0, 0.1) is 0 Å². The number of nitrogens with zero attached hydrogens (tertiary/aromatic N) is 3. The number of benzene rings is 1. The fourth-order valence-corrected chi connectivity index (χ4v) is 5.54. The zero-order valence-corrected chi connectivity index (χ0v) is 20.0. The van der Waals surface area contributed by atoms with Gasteiger partial charge in [-0.05, 0) is 44.9 Å². The summed E-state index contributed by atoms with van der Waals surface area (Å²) < 4.78 is 33.5. The van der Waals surface area contributed by atoms with Crippen LogP contribution in [0.25, 0.3) is 0 Å². The van der Waals surface area contributed by atoms with Crippen LogP contribution in [0.15, 0.2) is 23.1 Å². The van der Waals surface area contributed by atoms with Crippen LogP contribution in [0.4, 0.5) is 5.69 Å². The molecule has 1 N–H and O–H groups in total. The van der Waals surface area contributed by atoms with Crippen LogP contribution in [-0.4, -0.2) is 86.3 Å². The molecule has 2 saturated heterocycles. The Hall–Kier alpha value is -2.17. The van der Waals surface area contributed by atoms with Crippen LogP contribution in [0.1, 0.15) is 40.0 Å². The molecule has 2 heterocycles. The van der Waals surface area contributed by atoms with Crippen molar-refractivity contribution in [3.63, 3.8) is 0 Å². The number of hydrogen-bond donors (Lipinski definition) is 1. The molecule has 2 fully saturated rings. The molecule has 0 aromatic heterocycles. The molecule has 0 atom stereocenters. The third-order valence-corrected chi connectivity index (χ3v) is 7.62. The van der Waals surface area contributed by atoms with Gasteiger partial charge in [-0.3, -0.25) is 14.5 Å². The topological polar surface area (TPSA) is 99.3 Å². The highest BCUT2D eigenvalue weighted by molar-refractivity contribution is 7.89. The lowest BCUT2D eigenvalue weighted by Gasteiger charge is -2.33. The minimum absolute atomic E-state index is 0.0382. The molecular weight excluding hydrogens is 432 g/mol. The van der Waals surface area contributed by atoms with Crippen molar-refractivity contribution in [2.45, 2.75) is 51.0 Å². The number of sulfonamides is 1. The van der Waals surface area contributed by atoms with Crippen LogP contribution >= 0.6 is 0 Å². The Morgan fingerprint density at radius 1 is 1.03 bits per heavy atom. The summed E-state index contributed by atoms with van der Waals surface area (Å²) in [4.78, 5) is 28.1. The predicted molar refractivity (Wildman–Crippen MR) is 122 cm³/mol. The number of carbonyl (C=O) groups is 2. The third-order valence-electron chi connectivity index (χ3n) is 5.73. The Morgan fingerprint density at radius 2 is 1.69 bits per heavy atom. The summed E-state index contributed by atoms with van der Waals surface area (Å²) in [5.74, 6) is 0.228. The van der Waals surface area contributed by atoms with Crippen molar-refractivity contribution in [1.82, 2.24) is 14.1 Å². The van der Waals surface area contributed by atoms with Gasteiger partial charge in [0.1, 0.15) is 5.75 Å². The Bertz CT molecular complexity index is 920. The second-order valence-electron chi connectivity index (χ2n) is 8.62. The zero-order chi connectivity index (χ0) is 23.3. The lowest BCUT2D eigenvalue weighted by atomic mass is 10.2. The van der Waals surface area contributed by atoms with Gasteiger partial charge in [0.25, 0.3) is 0 Å². The number of carbonyl (C=O) groups excluding carboxylic acids is 2. The molecule has 0 bridgehead atoms. The number of rotatable bonds is 7. The van der Waals surface area contributed by atoms with Gasteiger partial charge in [-0.2, -0.15) is 4.31 Å². The van der Waals surface area contributed by atoms with Crippen LogP contribution in [0.5, 0.6) is 5.75 Å². The molecule has 0 radical (unpaired) electrons. The maximum absolute atomic E-state index is 13.1. The highest BCUT2D eigenvalue weighted by Crippen LogP contribution is 2.31. The van der Waals surface area contributed by atoms with Gasteiger partial charge in [-0.1, -0.05) is 6.42 Å². The first kappa shape index (κ1) is 24.5. The van der Waals surface area contributed by atoms with Crippen molar-refractivity contribution in [2.24, 2.45) is 0 Å². The molecule has 9 nitrogen and oxygen atoms in total. The molecule has 1 aromatic rings. The van der Waals surface area contributed by atoms with Gasteiger partial charge in [-0.15, -0.1) is 0 Å². The predicted octanol–water partition coefficient (Wildman–Crippen LogP) is 1.75. The Morgan fingerprint density at radius 3 is 2.28 bits per heavy atom. The maximum atomic E-state index is 13.1. The first-order valence-corrected chi connectivity index (χ1v) is 12.7. The minimum atomic E-state index is -3.63. The summed E-state index contributed by atoms with van der Waals surface area (Å²) in [5, 5.41) is 2.84. The molecule has 0 spiro atoms. The maximum Gasteiger partial charge on any atom is 0.243 e. The summed E-state index contributed by atoms with van der Waals surface area (Å²) in [6, 6.07) is 4.64. The summed E-state index contributed by atoms with van der Waals surface area (Å²) in [7, 11) is -3.63. The summed E-state index contributed by atoms with van der Waals surface area (Å²) >= 11 is 0. The van der Waals surface area contributed by atoms with E-state index < -0.39 is 10.0 Å². The van der Waals surface area contributed by atoms with Crippen LogP contribution in [-0.2, 0) is 19.6 Å². The zero-order valence-electron chi connectivity index (χ0n) is 19.2. The normalized spacial score (nSPS) is 18.6. The van der Waals surface area contributed by atoms with Gasteiger partial charge in [0, 0.05) is 46.2 Å². The highest BCUT2D eigenvalue weighted by atomic mass is 32.2. The van der Waals surface area contributed by atoms with E-state index in [1.807, 2.05) is 18.7 Å². The van der Waals surface area contributed by atoms with E-state index in [0.29, 0.717) is 50.7 Å². The lowest BCUT2D eigenvalue weighted by Crippen LogP contribution is -2.49. The van der Waals surface area contributed by atoms with Gasteiger partial charge in [0.2, 0.25) is 21.8 Å². The molecule has 3 rings (SSSR count). The van der Waals surface area contributed by atoms with Crippen LogP contribution in [0.3, 0.4) is 0 Å². The molecule has 178 valence electrons. The Kier molecular flexibility index (Phi) is 8.13. The molecule has 1 aromatic carbocycles. The number of piperazine rings is 1. The number of piperidine rings is 1. The molecule has 32 heavy (non-hydrogen) atoms. The molecule has 2 aliphatic rings. The molecular formula is C22H34N4O5S. The van der Waals surface area contributed by atoms with E-state index in [9.17, 15) is 18.0 Å². The third kappa shape index (κ3) is 6.20. The SMILES string of the molecule is CC(=O)N1CCN(CC(=O)Nc2cc(S(=O)(=O)N3CCCCC3)ccc2OC(C)C)CC1. The first-order valence-electron chi connectivity index (χ1n) is 11.3. The van der Waals surface area contributed by atoms with Crippen molar-refractivity contribution in [3.8, 4) is 5.75 Å². The van der Waals surface area contributed by atoms with E-state index in [-0.39, 0.29) is 29.4 Å². The van der Waals surface area contributed by atoms with Gasteiger partial charge >= 0.3 is 0 Å². The average molecular weight is 467 g/mol. The number of hydrogen-bond acceptors (Lipinski definition) is 6. The van der Waals surface area contributed by atoms with E-state index in [1.54, 1.807) is 17.9 Å². The smallest absolute Gasteiger partial charge is 0.243 e. The quantitative estimate of drug-likeness (QED) is 0.657. The van der Waals surface area contributed by atoms with Gasteiger partial charge in [0.05, 0.1) is 23.2 Å². The summed E-state index contributed by atoms with van der Waals surface area (Å²) in [6.07, 6.45) is 2.62. The number of amides is 2. The summed E-state index contributed by atoms with van der Waals surface area (Å²) in [6.45, 7) is 8.90. The lowest BCUT2D eigenvalue weighted by molar-refractivity contribution is -0.130. The molecule has 0 aliphatic carbocycles. The van der Waals surface area contributed by atoms with E-state index in [0.717, 1.165) is 19.3 Å². The number of anilines is 1. The van der Waals surface area contributed by atoms with Crippen molar-refractivity contribution in [2.75, 3.05) is 51.1 Å². The van der Waals surface area contributed by atoms with Crippen LogP contribution < -0.4 is 10.1 Å². The van der Waals surface area contributed by atoms with Crippen molar-refractivity contribution < 1.29 is 22.7 Å². The van der Waals surface area contributed by atoms with E-state index in [1.165, 1.54) is 16.4 Å². The second-order valence-corrected chi connectivity index (χ2v) is 10.6. The molecule has 10 heteroatoms. The monoisotopic (exact) mass is 466 g/mol. The Balaban J connectivity index is 1.73. The number of ether oxygens (including phenoxy) is 1. The average Bonchev–Trinajstić information content (AvgIpc) is 2.75. The number of nitrogens with one attached hydrogen (secondary N) is 1. The standard InChI is InChI=1S/C22H34N4O5S/c1-17(2)31-21-8-7-19(32(29,30)26-9-5-4-6-10-26)15-20(21)23-22(28)16-24-11-13-25(14-12-24)18(3)27/h7-8,15,17H,4-6,9-14,16H2,1-3H3,(H,23,28). The Labute approximate surface area is 190 Å². The first-order chi connectivity index (χ1) is 15.2. The van der Waals surface area contributed by atoms with E-state index in [4.69, 9.17) is 4.74 Å². The second kappa shape index (κ2) is 10.6. The molecule has 2 aliphatic heterocycles.